The zero-order chi connectivity index (χ0) is 11.8. The molecule has 0 rings (SSSR count). The number of aliphatic carboxylic acids is 2. The molecule has 0 aromatic carbocycles. The van der Waals surface area contributed by atoms with E-state index in [1.165, 1.54) is 6.26 Å². The molecule has 0 unspecified atom stereocenters. The third kappa shape index (κ3) is 7.30. The Morgan fingerprint density at radius 2 is 1.87 bits per heavy atom. The van der Waals surface area contributed by atoms with Gasteiger partial charge in [-0.15, -0.1) is 0 Å². The van der Waals surface area contributed by atoms with Crippen LogP contribution in [-0.2, 0) is 14.3 Å². The van der Waals surface area contributed by atoms with E-state index in [2.05, 4.69) is 0 Å². The fourth-order valence-corrected chi connectivity index (χ4v) is 0.784. The second-order valence-electron chi connectivity index (χ2n) is 3.13. The lowest BCUT2D eigenvalue weighted by Crippen LogP contribution is -2.06. The monoisotopic (exact) mass is 214 g/mol. The Kier molecular flexibility index (Phi) is 5.85. The Morgan fingerprint density at radius 1 is 1.27 bits per heavy atom. The van der Waals surface area contributed by atoms with Crippen LogP contribution in [0.2, 0.25) is 0 Å². The highest BCUT2D eigenvalue weighted by molar-refractivity contribution is 5.94. The molecule has 0 aliphatic carbocycles. The highest BCUT2D eigenvalue weighted by Gasteiger charge is 2.08. The van der Waals surface area contributed by atoms with E-state index in [4.69, 9.17) is 14.9 Å². The summed E-state index contributed by atoms with van der Waals surface area (Å²) in [7, 11) is 0. The third-order valence-electron chi connectivity index (χ3n) is 1.38. The van der Waals surface area contributed by atoms with E-state index in [1.807, 2.05) is 13.8 Å². The van der Waals surface area contributed by atoms with Crippen LogP contribution in [0.15, 0.2) is 23.5 Å². The summed E-state index contributed by atoms with van der Waals surface area (Å²) in [6.45, 7) is 3.83. The van der Waals surface area contributed by atoms with Crippen molar-refractivity contribution < 1.29 is 24.5 Å². The van der Waals surface area contributed by atoms with Crippen LogP contribution in [0.3, 0.4) is 0 Å². The van der Waals surface area contributed by atoms with Crippen LogP contribution in [0.5, 0.6) is 0 Å². The minimum absolute atomic E-state index is 0.0609. The SMILES string of the molecule is CC(C)=COCC/C(=C/C(=O)O)C(=O)O. The van der Waals surface area contributed by atoms with Crippen LogP contribution in [0, 0.1) is 0 Å². The topological polar surface area (TPSA) is 83.8 Å². The predicted molar refractivity (Wildman–Crippen MR) is 53.4 cm³/mol. The highest BCUT2D eigenvalue weighted by Crippen LogP contribution is 2.03. The van der Waals surface area contributed by atoms with E-state index in [-0.39, 0.29) is 18.6 Å². The van der Waals surface area contributed by atoms with Gasteiger partial charge in [-0.05, 0) is 19.4 Å². The van der Waals surface area contributed by atoms with Gasteiger partial charge < -0.3 is 14.9 Å². The Hall–Kier alpha value is -1.78. The molecule has 0 saturated heterocycles. The van der Waals surface area contributed by atoms with Gasteiger partial charge in [-0.2, -0.15) is 0 Å². The molecule has 0 fully saturated rings. The fraction of sp³-hybridized carbons (Fsp3) is 0.400. The average molecular weight is 214 g/mol. The van der Waals surface area contributed by atoms with Gasteiger partial charge in [-0.3, -0.25) is 0 Å². The van der Waals surface area contributed by atoms with Gasteiger partial charge in [0.1, 0.15) is 0 Å². The Morgan fingerprint density at radius 3 is 2.27 bits per heavy atom. The lowest BCUT2D eigenvalue weighted by Gasteiger charge is -2.02. The summed E-state index contributed by atoms with van der Waals surface area (Å²) in [6.07, 6.45) is 2.24. The van der Waals surface area contributed by atoms with E-state index >= 15 is 0 Å². The average Bonchev–Trinajstić information content (AvgIpc) is 2.08. The lowest BCUT2D eigenvalue weighted by atomic mass is 10.2. The maximum Gasteiger partial charge on any atom is 0.331 e. The Balaban J connectivity index is 4.16. The maximum atomic E-state index is 10.6. The van der Waals surface area contributed by atoms with Crippen LogP contribution < -0.4 is 0 Å². The van der Waals surface area contributed by atoms with Crippen molar-refractivity contribution in [1.82, 2.24) is 0 Å². The van der Waals surface area contributed by atoms with Gasteiger partial charge in [0.2, 0.25) is 0 Å². The summed E-state index contributed by atoms with van der Waals surface area (Å²) in [5, 5.41) is 17.0. The van der Waals surface area contributed by atoms with E-state index < -0.39 is 11.9 Å². The molecule has 84 valence electrons. The first-order valence-electron chi connectivity index (χ1n) is 4.35. The van der Waals surface area contributed by atoms with Crippen molar-refractivity contribution in [2.45, 2.75) is 20.3 Å². The molecule has 0 atom stereocenters. The quantitative estimate of drug-likeness (QED) is 0.397. The first-order chi connectivity index (χ1) is 6.93. The highest BCUT2D eigenvalue weighted by atomic mass is 16.5. The van der Waals surface area contributed by atoms with Crippen molar-refractivity contribution in [3.05, 3.63) is 23.5 Å². The van der Waals surface area contributed by atoms with E-state index in [1.54, 1.807) is 0 Å². The van der Waals surface area contributed by atoms with Crippen LogP contribution in [0.4, 0.5) is 0 Å². The second kappa shape index (κ2) is 6.64. The van der Waals surface area contributed by atoms with Crippen molar-refractivity contribution in [1.29, 1.82) is 0 Å². The number of carboxylic acid groups (broad SMARTS) is 2. The minimum Gasteiger partial charge on any atom is -0.501 e. The molecule has 0 bridgehead atoms. The lowest BCUT2D eigenvalue weighted by molar-refractivity contribution is -0.135. The number of hydrogen-bond donors (Lipinski definition) is 2. The Bertz CT molecular complexity index is 297. The first kappa shape index (κ1) is 13.2. The number of ether oxygens (including phenoxy) is 1. The third-order valence-corrected chi connectivity index (χ3v) is 1.38. The number of rotatable bonds is 6. The number of allylic oxidation sites excluding steroid dienone is 1. The van der Waals surface area contributed by atoms with Gasteiger partial charge in [-0.1, -0.05) is 0 Å². The van der Waals surface area contributed by atoms with Gasteiger partial charge in [-0.25, -0.2) is 9.59 Å². The smallest absolute Gasteiger partial charge is 0.331 e. The summed E-state index contributed by atoms with van der Waals surface area (Å²) >= 11 is 0. The van der Waals surface area contributed by atoms with Gasteiger partial charge in [0.15, 0.2) is 0 Å². The van der Waals surface area contributed by atoms with Crippen molar-refractivity contribution in [2.75, 3.05) is 6.61 Å². The molecule has 0 aliphatic heterocycles. The molecule has 0 amide bonds. The van der Waals surface area contributed by atoms with Crippen LogP contribution in [-0.4, -0.2) is 28.8 Å². The minimum atomic E-state index is -1.27. The van der Waals surface area contributed by atoms with Crippen LogP contribution >= 0.6 is 0 Å². The molecule has 0 aromatic rings. The largest absolute Gasteiger partial charge is 0.501 e. The number of hydrogen-bond acceptors (Lipinski definition) is 3. The first-order valence-corrected chi connectivity index (χ1v) is 4.35. The number of carbonyl (C=O) groups is 2. The van der Waals surface area contributed by atoms with E-state index in [0.29, 0.717) is 6.08 Å². The standard InChI is InChI=1S/C10H14O5/c1-7(2)6-15-4-3-8(10(13)14)5-9(11)12/h5-6H,3-4H2,1-2H3,(H,11,12)(H,13,14)/b8-5-. The zero-order valence-electron chi connectivity index (χ0n) is 8.69. The molecule has 0 aromatic heterocycles. The molecule has 0 heterocycles. The summed E-state index contributed by atoms with van der Waals surface area (Å²) in [5.74, 6) is -2.51. The molecule has 0 spiro atoms. The second-order valence-corrected chi connectivity index (χ2v) is 3.13. The molecule has 15 heavy (non-hydrogen) atoms. The van der Waals surface area contributed by atoms with Gasteiger partial charge in [0, 0.05) is 18.1 Å². The molecule has 5 nitrogen and oxygen atoms in total. The fourth-order valence-electron chi connectivity index (χ4n) is 0.784. The van der Waals surface area contributed by atoms with Crippen molar-refractivity contribution in [3.8, 4) is 0 Å². The molecule has 0 radical (unpaired) electrons. The van der Waals surface area contributed by atoms with Crippen LogP contribution in [0.1, 0.15) is 20.3 Å². The molecular weight excluding hydrogens is 200 g/mol. The van der Waals surface area contributed by atoms with Gasteiger partial charge in [0.25, 0.3) is 0 Å². The Labute approximate surface area is 87.7 Å². The molecular formula is C10H14O5. The molecule has 0 aliphatic rings. The van der Waals surface area contributed by atoms with Crippen molar-refractivity contribution in [3.63, 3.8) is 0 Å². The molecule has 5 heteroatoms. The maximum absolute atomic E-state index is 10.6. The summed E-state index contributed by atoms with van der Waals surface area (Å²) in [4.78, 5) is 20.8. The van der Waals surface area contributed by atoms with E-state index in [0.717, 1.165) is 5.57 Å². The summed E-state index contributed by atoms with van der Waals surface area (Å²) < 4.78 is 5.00. The van der Waals surface area contributed by atoms with Crippen LogP contribution in [0.25, 0.3) is 0 Å². The normalized spacial score (nSPS) is 10.7. The van der Waals surface area contributed by atoms with Crippen molar-refractivity contribution >= 4 is 11.9 Å². The van der Waals surface area contributed by atoms with Gasteiger partial charge >= 0.3 is 11.9 Å². The molecule has 2 N–H and O–H groups in total. The summed E-state index contributed by atoms with van der Waals surface area (Å²) in [5.41, 5.74) is 0.777. The number of carboxylic acids is 2. The van der Waals surface area contributed by atoms with Crippen molar-refractivity contribution in [2.24, 2.45) is 0 Å². The van der Waals surface area contributed by atoms with E-state index in [9.17, 15) is 9.59 Å². The van der Waals surface area contributed by atoms with Gasteiger partial charge in [0.05, 0.1) is 12.9 Å². The predicted octanol–water partition coefficient (Wildman–Crippen LogP) is 1.41. The summed E-state index contributed by atoms with van der Waals surface area (Å²) in [6, 6.07) is 0. The molecule has 0 saturated carbocycles. The zero-order valence-corrected chi connectivity index (χ0v) is 8.69.